The van der Waals surface area contributed by atoms with Crippen LogP contribution in [0.1, 0.15) is 39.8 Å². The molecule has 0 aliphatic rings. The lowest BCUT2D eigenvalue weighted by molar-refractivity contribution is 0.953. The van der Waals surface area contributed by atoms with Gasteiger partial charge in [-0.1, -0.05) is 139 Å². The third-order valence-electron chi connectivity index (χ3n) is 7.55. The van der Waals surface area contributed by atoms with Crippen LogP contribution in [0.3, 0.4) is 0 Å². The Morgan fingerprint density at radius 1 is 0.340 bits per heavy atom. The van der Waals surface area contributed by atoms with Crippen LogP contribution in [0.25, 0.3) is 89.2 Å². The normalized spacial score (nSPS) is 19.7. The summed E-state index contributed by atoms with van der Waals surface area (Å²) < 4.78 is 258. The fourth-order valence-corrected chi connectivity index (χ4v) is 5.44. The van der Waals surface area contributed by atoms with Crippen LogP contribution in [-0.2, 0) is 0 Å². The molecule has 3 aromatic heterocycles. The molecule has 0 aliphatic carbocycles. The Kier molecular flexibility index (Phi) is 2.65. The molecule has 5 heteroatoms. The molecule has 7 aromatic carbocycles. The molecule has 0 atom stereocenters. The third kappa shape index (κ3) is 4.52. The Morgan fingerprint density at radius 2 is 0.760 bits per heavy atom. The van der Waals surface area contributed by atoms with Gasteiger partial charge in [-0.15, -0.1) is 0 Å². The summed E-state index contributed by atoms with van der Waals surface area (Å²) in [5.41, 5.74) is -6.67. The Bertz CT molecular complexity index is 4330. The molecular weight excluding hydrogens is 611 g/mol. The molecule has 0 amide bonds. The second-order valence-corrected chi connectivity index (χ2v) is 10.3. The first kappa shape index (κ1) is 11.6. The molecule has 3 heterocycles. The Hall–Kier alpha value is -6.85. The van der Waals surface area contributed by atoms with Crippen LogP contribution in [0.2, 0.25) is 0 Å². The Balaban J connectivity index is 1.34. The molecule has 0 spiro atoms. The Labute approximate surface area is 329 Å². The van der Waals surface area contributed by atoms with Crippen molar-refractivity contribution in [2.24, 2.45) is 0 Å². The minimum Gasteiger partial charge on any atom is -0.309 e. The molecular formula is C45H29N5. The largest absolute Gasteiger partial charge is 0.309 e. The molecule has 0 N–H and O–H groups in total. The maximum atomic E-state index is 9.62. The van der Waals surface area contributed by atoms with Crippen LogP contribution in [0.5, 0.6) is 0 Å². The summed E-state index contributed by atoms with van der Waals surface area (Å²) in [6.45, 7) is 0. The maximum Gasteiger partial charge on any atom is 0.238 e. The van der Waals surface area contributed by atoms with E-state index in [0.29, 0.717) is 0 Å². The van der Waals surface area contributed by atoms with E-state index in [1.54, 1.807) is 0 Å². The van der Waals surface area contributed by atoms with Gasteiger partial charge in [-0.25, -0.2) is 4.98 Å². The minimum atomic E-state index is -1.13. The highest BCUT2D eigenvalue weighted by Crippen LogP contribution is 2.35. The van der Waals surface area contributed by atoms with Crippen molar-refractivity contribution in [3.8, 4) is 45.5 Å². The fraction of sp³-hybridized carbons (Fsp3) is 0. The van der Waals surface area contributed by atoms with Gasteiger partial charge < -0.3 is 4.57 Å². The third-order valence-corrected chi connectivity index (χ3v) is 7.55. The summed E-state index contributed by atoms with van der Waals surface area (Å²) in [5, 5.41) is -1.91. The zero-order valence-electron chi connectivity index (χ0n) is 53.7. The standard InChI is InChI=1S/C45H29N5/c1-2-13-31(14-3-1)43-46-44(48-45(47-43)50-41-23-10-6-19-37(41)38-20-7-11-24-42(38)50)32-27-25-30(26-28-32)33-15-12-16-34(29-33)49-39-21-8-4-17-35(39)36-18-5-9-22-40(36)49/h1-29H/i1D,2D,3D,4D,5D,6D,7D,8D,9D,10D,11D,12D,13D,14D,15D,16D,17D,18D,19D,20D,21D,22D,23D,24D,25D,26D,27D,28D,29D. The van der Waals surface area contributed by atoms with E-state index in [1.807, 2.05) is 0 Å². The smallest absolute Gasteiger partial charge is 0.238 e. The van der Waals surface area contributed by atoms with Crippen molar-refractivity contribution in [3.05, 3.63) is 175 Å². The van der Waals surface area contributed by atoms with Gasteiger partial charge in [0.25, 0.3) is 0 Å². The molecule has 10 rings (SSSR count). The molecule has 0 bridgehead atoms. The molecule has 234 valence electrons. The van der Waals surface area contributed by atoms with Crippen LogP contribution in [0.4, 0.5) is 0 Å². The van der Waals surface area contributed by atoms with Crippen LogP contribution < -0.4 is 0 Å². The SMILES string of the molecule is [2H]c1c([2H])c([2H])c(-c2nc(-c3c([2H])c([2H])c(-c4c([2H])c([2H])c([2H])c(-n5c6c([2H])c([2H])c([2H])c([2H])c6c6c([2H])c([2H])c([2H])c([2H])c65)c4[2H])c([2H])c3[2H])nc(-n3c4c([2H])c([2H])c([2H])c([2H])c4c4c([2H])c([2H])c([2H])c([2H])c43)n2)c([2H])c1[2H]. The lowest BCUT2D eigenvalue weighted by Crippen LogP contribution is -2.06. The monoisotopic (exact) mass is 668 g/mol. The van der Waals surface area contributed by atoms with Gasteiger partial charge in [-0.05, 0) is 47.4 Å². The van der Waals surface area contributed by atoms with Crippen LogP contribution in [-0.4, -0.2) is 24.1 Å². The molecule has 10 aromatic rings. The van der Waals surface area contributed by atoms with Crippen molar-refractivity contribution in [1.29, 1.82) is 0 Å². The van der Waals surface area contributed by atoms with E-state index >= 15 is 0 Å². The number of fused-ring (bicyclic) bond motifs is 6. The first-order valence-corrected chi connectivity index (χ1v) is 14.4. The highest BCUT2D eigenvalue weighted by atomic mass is 15.2. The van der Waals surface area contributed by atoms with Gasteiger partial charge in [0.15, 0.2) is 11.6 Å². The second-order valence-electron chi connectivity index (χ2n) is 10.3. The van der Waals surface area contributed by atoms with Gasteiger partial charge in [0.2, 0.25) is 5.95 Å². The predicted octanol–water partition coefficient (Wildman–Crippen LogP) is 11.1. The number of hydrogen-bond acceptors (Lipinski definition) is 3. The molecule has 0 radical (unpaired) electrons. The number of aromatic nitrogens is 5. The number of rotatable bonds is 5. The van der Waals surface area contributed by atoms with Crippen molar-refractivity contribution in [2.45, 2.75) is 0 Å². The summed E-state index contributed by atoms with van der Waals surface area (Å²) in [6.07, 6.45) is 0. The zero-order chi connectivity index (χ0) is 58.3. The highest BCUT2D eigenvalue weighted by molar-refractivity contribution is 6.10. The second kappa shape index (κ2) is 11.4. The summed E-state index contributed by atoms with van der Waals surface area (Å²) in [4.78, 5) is 13.0. The molecule has 0 fully saturated rings. The molecule has 0 saturated heterocycles. The minimum absolute atomic E-state index is 0.473. The van der Waals surface area contributed by atoms with Crippen molar-refractivity contribution in [1.82, 2.24) is 24.1 Å². The molecule has 5 nitrogen and oxygen atoms in total. The van der Waals surface area contributed by atoms with Crippen LogP contribution >= 0.6 is 0 Å². The number of para-hydroxylation sites is 4. The van der Waals surface area contributed by atoms with E-state index in [-0.39, 0.29) is 0 Å². The van der Waals surface area contributed by atoms with Crippen molar-refractivity contribution >= 4 is 43.6 Å². The summed E-state index contributed by atoms with van der Waals surface area (Å²) in [5.74, 6) is -2.67. The van der Waals surface area contributed by atoms with Gasteiger partial charge in [-0.2, -0.15) is 9.97 Å². The molecule has 0 unspecified atom stereocenters. The number of hydrogen-bond donors (Lipinski definition) is 0. The van der Waals surface area contributed by atoms with Crippen molar-refractivity contribution in [2.75, 3.05) is 0 Å². The summed E-state index contributed by atoms with van der Waals surface area (Å²) in [6, 6.07) is -26.6. The van der Waals surface area contributed by atoms with Crippen LogP contribution in [0.15, 0.2) is 175 Å². The van der Waals surface area contributed by atoms with E-state index in [0.717, 1.165) is 9.13 Å². The van der Waals surface area contributed by atoms with Gasteiger partial charge in [-0.3, -0.25) is 4.57 Å². The maximum absolute atomic E-state index is 9.62. The Morgan fingerprint density at radius 3 is 1.30 bits per heavy atom. The van der Waals surface area contributed by atoms with E-state index in [9.17, 15) is 6.85 Å². The molecule has 0 saturated carbocycles. The predicted molar refractivity (Wildman–Crippen MR) is 205 cm³/mol. The van der Waals surface area contributed by atoms with Gasteiger partial charge in [0, 0.05) is 38.4 Å². The van der Waals surface area contributed by atoms with Gasteiger partial charge in [0.05, 0.1) is 61.8 Å². The molecule has 0 aliphatic heterocycles. The fourth-order valence-electron chi connectivity index (χ4n) is 5.44. The first-order valence-electron chi connectivity index (χ1n) is 28.9. The number of nitrogens with zero attached hydrogens (tertiary/aromatic N) is 5. The first-order chi connectivity index (χ1) is 36.9. The summed E-state index contributed by atoms with van der Waals surface area (Å²) >= 11 is 0. The number of benzene rings is 7. The average molecular weight is 669 g/mol. The molecule has 50 heavy (non-hydrogen) atoms. The quantitative estimate of drug-likeness (QED) is 0.183. The summed E-state index contributed by atoms with van der Waals surface area (Å²) in [7, 11) is 0. The van der Waals surface area contributed by atoms with E-state index in [2.05, 4.69) is 15.0 Å². The van der Waals surface area contributed by atoms with Gasteiger partial charge >= 0.3 is 0 Å². The average Bonchev–Trinajstić information content (AvgIpc) is 4.06. The lowest BCUT2D eigenvalue weighted by atomic mass is 10.0. The zero-order valence-corrected chi connectivity index (χ0v) is 24.7. The lowest BCUT2D eigenvalue weighted by Gasteiger charge is -2.12. The van der Waals surface area contributed by atoms with E-state index in [4.69, 9.17) is 32.9 Å². The van der Waals surface area contributed by atoms with E-state index < -0.39 is 264 Å². The van der Waals surface area contributed by atoms with Gasteiger partial charge in [0.1, 0.15) is 0 Å². The topological polar surface area (TPSA) is 48.5 Å². The van der Waals surface area contributed by atoms with E-state index in [1.165, 1.54) is 0 Å². The van der Waals surface area contributed by atoms with Crippen molar-refractivity contribution in [3.63, 3.8) is 0 Å². The van der Waals surface area contributed by atoms with Crippen LogP contribution in [0, 0.1) is 0 Å². The highest BCUT2D eigenvalue weighted by Gasteiger charge is 2.18. The van der Waals surface area contributed by atoms with Crippen molar-refractivity contribution < 1.29 is 39.8 Å².